The Hall–Kier alpha value is -3.22. The van der Waals surface area contributed by atoms with E-state index in [1.165, 1.54) is 12.1 Å². The molecule has 0 radical (unpaired) electrons. The number of hydrogen-bond acceptors (Lipinski definition) is 5. The Balaban J connectivity index is 1.34. The molecule has 2 heterocycles. The van der Waals surface area contributed by atoms with Gasteiger partial charge in [-0.3, -0.25) is 9.78 Å². The van der Waals surface area contributed by atoms with Gasteiger partial charge in [-0.05, 0) is 87.1 Å². The molecule has 1 aliphatic heterocycles. The van der Waals surface area contributed by atoms with Gasteiger partial charge in [0.15, 0.2) is 0 Å². The van der Waals surface area contributed by atoms with Crippen molar-refractivity contribution in [2.75, 3.05) is 6.61 Å². The SMILES string of the molecule is CCOC(=O)N[C@@H]1CC[C@@H]2[C@@H](C1)C[C@@H]1C(=O)O[C@@H](C)[C@H]1[C@H]2/C=C/c1ccc(-c2cccc(F)c2)cn1. The zero-order valence-corrected chi connectivity index (χ0v) is 20.7. The lowest BCUT2D eigenvalue weighted by atomic mass is 9.57. The minimum absolute atomic E-state index is 0.0679. The van der Waals surface area contributed by atoms with Crippen molar-refractivity contribution in [3.05, 3.63) is 60.2 Å². The van der Waals surface area contributed by atoms with Gasteiger partial charge in [-0.15, -0.1) is 0 Å². The van der Waals surface area contributed by atoms with E-state index in [2.05, 4.69) is 16.4 Å². The second-order valence-electron chi connectivity index (χ2n) is 10.3. The number of hydrogen-bond donors (Lipinski definition) is 1. The number of halogens is 1. The number of ether oxygens (including phenoxy) is 2. The smallest absolute Gasteiger partial charge is 0.407 e. The summed E-state index contributed by atoms with van der Waals surface area (Å²) >= 11 is 0. The van der Waals surface area contributed by atoms with Crippen LogP contribution in [0.1, 0.15) is 45.2 Å². The number of aromatic nitrogens is 1. The van der Waals surface area contributed by atoms with Crippen LogP contribution in [0.3, 0.4) is 0 Å². The first-order chi connectivity index (χ1) is 17.4. The molecule has 1 aromatic carbocycles. The molecule has 3 fully saturated rings. The van der Waals surface area contributed by atoms with Gasteiger partial charge in [0.05, 0.1) is 18.2 Å². The molecule has 1 aromatic heterocycles. The van der Waals surface area contributed by atoms with Crippen LogP contribution in [0.25, 0.3) is 17.2 Å². The highest BCUT2D eigenvalue weighted by Crippen LogP contribution is 2.53. The summed E-state index contributed by atoms with van der Waals surface area (Å²) in [4.78, 5) is 29.2. The minimum Gasteiger partial charge on any atom is -0.462 e. The van der Waals surface area contributed by atoms with Crippen LogP contribution in [0.15, 0.2) is 48.7 Å². The first kappa shape index (κ1) is 24.5. The van der Waals surface area contributed by atoms with Gasteiger partial charge >= 0.3 is 12.1 Å². The van der Waals surface area contributed by atoms with Gasteiger partial charge in [0.25, 0.3) is 0 Å². The van der Waals surface area contributed by atoms with E-state index in [0.717, 1.165) is 42.5 Å². The lowest BCUT2D eigenvalue weighted by Crippen LogP contribution is -2.48. The summed E-state index contributed by atoms with van der Waals surface area (Å²) < 4.78 is 24.3. The number of pyridine rings is 1. The molecule has 2 saturated carbocycles. The minimum atomic E-state index is -0.368. The highest BCUT2D eigenvalue weighted by Gasteiger charge is 2.54. The number of rotatable bonds is 5. The summed E-state index contributed by atoms with van der Waals surface area (Å²) in [6.45, 7) is 4.15. The van der Waals surface area contributed by atoms with Gasteiger partial charge < -0.3 is 14.8 Å². The fraction of sp³-hybridized carbons (Fsp3) is 0.483. The van der Waals surface area contributed by atoms with Crippen molar-refractivity contribution in [3.8, 4) is 11.1 Å². The molecule has 3 aliphatic rings. The maximum absolute atomic E-state index is 13.6. The predicted octanol–water partition coefficient (Wildman–Crippen LogP) is 5.63. The number of nitrogens with zero attached hydrogens (tertiary/aromatic N) is 1. The van der Waals surface area contributed by atoms with Crippen LogP contribution >= 0.6 is 0 Å². The number of cyclic esters (lactones) is 1. The molecular formula is C29H33FN2O4. The summed E-state index contributed by atoms with van der Waals surface area (Å²) in [7, 11) is 0. The average molecular weight is 493 g/mol. The van der Waals surface area contributed by atoms with Crippen molar-refractivity contribution in [2.24, 2.45) is 29.6 Å². The van der Waals surface area contributed by atoms with E-state index in [1.807, 2.05) is 31.2 Å². The third kappa shape index (κ3) is 5.01. The first-order valence-corrected chi connectivity index (χ1v) is 13.0. The molecular weight excluding hydrogens is 459 g/mol. The molecule has 2 aromatic rings. The number of amides is 1. The molecule has 1 N–H and O–H groups in total. The number of benzene rings is 1. The van der Waals surface area contributed by atoms with E-state index in [9.17, 15) is 14.0 Å². The lowest BCUT2D eigenvalue weighted by molar-refractivity contribution is -0.144. The number of alkyl carbamates (subject to hydrolysis) is 1. The Morgan fingerprint density at radius 1 is 1.22 bits per heavy atom. The number of nitrogens with one attached hydrogen (secondary N) is 1. The quantitative estimate of drug-likeness (QED) is 0.548. The number of carbonyl (C=O) groups excluding carboxylic acids is 2. The van der Waals surface area contributed by atoms with Crippen LogP contribution in [0.2, 0.25) is 0 Å². The molecule has 0 spiro atoms. The van der Waals surface area contributed by atoms with Crippen molar-refractivity contribution in [1.82, 2.24) is 10.3 Å². The summed E-state index contributed by atoms with van der Waals surface area (Å²) in [5.74, 6) is 0.629. The van der Waals surface area contributed by atoms with Crippen LogP contribution in [0.4, 0.5) is 9.18 Å². The Kier molecular flexibility index (Phi) is 7.08. The highest BCUT2D eigenvalue weighted by atomic mass is 19.1. The van der Waals surface area contributed by atoms with Crippen molar-refractivity contribution in [1.29, 1.82) is 0 Å². The van der Waals surface area contributed by atoms with E-state index in [1.54, 1.807) is 19.2 Å². The van der Waals surface area contributed by atoms with Gasteiger partial charge in [-0.1, -0.05) is 24.3 Å². The van der Waals surface area contributed by atoms with E-state index in [4.69, 9.17) is 9.47 Å². The summed E-state index contributed by atoms with van der Waals surface area (Å²) in [6.07, 6.45) is 9.07. The molecule has 7 atom stereocenters. The zero-order valence-electron chi connectivity index (χ0n) is 20.7. The van der Waals surface area contributed by atoms with E-state index in [-0.39, 0.29) is 47.8 Å². The molecule has 190 valence electrons. The second-order valence-corrected chi connectivity index (χ2v) is 10.3. The van der Waals surface area contributed by atoms with E-state index in [0.29, 0.717) is 18.4 Å². The third-order valence-electron chi connectivity index (χ3n) is 8.18. The third-order valence-corrected chi connectivity index (χ3v) is 8.18. The van der Waals surface area contributed by atoms with Crippen LogP contribution < -0.4 is 5.32 Å². The van der Waals surface area contributed by atoms with Crippen molar-refractivity contribution >= 4 is 18.1 Å². The van der Waals surface area contributed by atoms with Crippen LogP contribution in [-0.4, -0.2) is 35.8 Å². The number of esters is 1. The van der Waals surface area contributed by atoms with Crippen LogP contribution in [-0.2, 0) is 14.3 Å². The summed E-state index contributed by atoms with van der Waals surface area (Å²) in [6, 6.07) is 10.4. The molecule has 1 amide bonds. The summed E-state index contributed by atoms with van der Waals surface area (Å²) in [5.41, 5.74) is 2.48. The molecule has 1 saturated heterocycles. The highest BCUT2D eigenvalue weighted by molar-refractivity contribution is 5.75. The number of carbonyl (C=O) groups is 2. The van der Waals surface area contributed by atoms with Gasteiger partial charge in [0, 0.05) is 23.7 Å². The van der Waals surface area contributed by atoms with Gasteiger partial charge in [0.1, 0.15) is 11.9 Å². The fourth-order valence-corrected chi connectivity index (χ4v) is 6.64. The summed E-state index contributed by atoms with van der Waals surface area (Å²) in [5, 5.41) is 3.00. The van der Waals surface area contributed by atoms with Gasteiger partial charge in [-0.2, -0.15) is 0 Å². The van der Waals surface area contributed by atoms with Crippen molar-refractivity contribution < 1.29 is 23.5 Å². The Morgan fingerprint density at radius 3 is 2.83 bits per heavy atom. The maximum Gasteiger partial charge on any atom is 0.407 e. The van der Waals surface area contributed by atoms with E-state index < -0.39 is 0 Å². The predicted molar refractivity (Wildman–Crippen MR) is 134 cm³/mol. The molecule has 5 rings (SSSR count). The lowest BCUT2D eigenvalue weighted by Gasteiger charge is -2.47. The number of allylic oxidation sites excluding steroid dienone is 1. The Morgan fingerprint density at radius 2 is 2.08 bits per heavy atom. The van der Waals surface area contributed by atoms with Crippen LogP contribution in [0.5, 0.6) is 0 Å². The van der Waals surface area contributed by atoms with Gasteiger partial charge in [-0.25, -0.2) is 9.18 Å². The van der Waals surface area contributed by atoms with Gasteiger partial charge in [0.2, 0.25) is 0 Å². The topological polar surface area (TPSA) is 77.5 Å². The van der Waals surface area contributed by atoms with Crippen LogP contribution in [0, 0.1) is 35.4 Å². The van der Waals surface area contributed by atoms with E-state index >= 15 is 0 Å². The maximum atomic E-state index is 13.6. The second kappa shape index (κ2) is 10.4. The Bertz CT molecular complexity index is 1130. The Labute approximate surface area is 211 Å². The number of fused-ring (bicyclic) bond motifs is 2. The normalized spacial score (nSPS) is 31.4. The standard InChI is InChI=1S/C29H33FN2O4/c1-3-35-29(34)32-23-10-11-24-20(14-23)15-26-27(17(2)36-28(26)33)25(24)12-9-22-8-7-19(16-31-22)18-5-4-6-21(30)13-18/h4-9,12-13,16-17,20,23-27H,3,10-11,14-15H2,1-2H3,(H,32,34)/b12-9+/t17-,20-,23+,24+,25-,26-,27-/m0/s1. The average Bonchev–Trinajstić information content (AvgIpc) is 3.15. The van der Waals surface area contributed by atoms with Crippen molar-refractivity contribution in [3.63, 3.8) is 0 Å². The van der Waals surface area contributed by atoms with Crippen molar-refractivity contribution in [2.45, 2.75) is 51.7 Å². The molecule has 2 aliphatic carbocycles. The fourth-order valence-electron chi connectivity index (χ4n) is 6.64. The molecule has 0 unspecified atom stereocenters. The molecule has 0 bridgehead atoms. The first-order valence-electron chi connectivity index (χ1n) is 13.0. The zero-order chi connectivity index (χ0) is 25.2. The molecule has 7 heteroatoms. The molecule has 36 heavy (non-hydrogen) atoms. The monoisotopic (exact) mass is 492 g/mol. The largest absolute Gasteiger partial charge is 0.462 e. The molecule has 6 nitrogen and oxygen atoms in total.